The molecule has 2 aliphatic rings. The number of carbonyl (C=O) groups excluding carboxylic acids is 2. The van der Waals surface area contributed by atoms with Crippen LogP contribution in [0, 0.1) is 0 Å². The smallest absolute Gasteiger partial charge is 0.408 e. The molecule has 1 aromatic rings. The van der Waals surface area contributed by atoms with Gasteiger partial charge in [-0.3, -0.25) is 4.79 Å². The molecular formula is C20H27N3O5S2. The van der Waals surface area contributed by atoms with Crippen LogP contribution in [0.25, 0.3) is 0 Å². The molecule has 2 saturated heterocycles. The fourth-order valence-electron chi connectivity index (χ4n) is 3.41. The topological polar surface area (TPSA) is 105 Å². The minimum Gasteiger partial charge on any atom is -0.444 e. The summed E-state index contributed by atoms with van der Waals surface area (Å²) in [5.74, 6) is -0.344. The zero-order chi connectivity index (χ0) is 22.1. The third kappa shape index (κ3) is 5.75. The van der Waals surface area contributed by atoms with Crippen LogP contribution in [-0.4, -0.2) is 72.0 Å². The maximum Gasteiger partial charge on any atom is 0.408 e. The predicted molar refractivity (Wildman–Crippen MR) is 117 cm³/mol. The zero-order valence-electron chi connectivity index (χ0n) is 17.5. The molecule has 3 rings (SSSR count). The van der Waals surface area contributed by atoms with Gasteiger partial charge in [0, 0.05) is 18.7 Å². The van der Waals surface area contributed by atoms with Crippen molar-refractivity contribution in [3.8, 4) is 0 Å². The lowest BCUT2D eigenvalue weighted by Crippen LogP contribution is -2.44. The minimum absolute atomic E-state index is 0.0674. The molecule has 2 amide bonds. The number of sulfone groups is 1. The Labute approximate surface area is 181 Å². The highest BCUT2D eigenvalue weighted by Crippen LogP contribution is 2.37. The average Bonchev–Trinajstić information content (AvgIpc) is 3.06. The van der Waals surface area contributed by atoms with E-state index < -0.39 is 33.5 Å². The molecule has 164 valence electrons. The number of benzene rings is 1. The lowest BCUT2D eigenvalue weighted by Gasteiger charge is -2.23. The number of nitrogens with one attached hydrogen (secondary N) is 1. The highest BCUT2D eigenvalue weighted by atomic mass is 32.2. The molecule has 8 nitrogen and oxygen atoms in total. The fourth-order valence-corrected chi connectivity index (χ4v) is 7.41. The van der Waals surface area contributed by atoms with Crippen molar-refractivity contribution in [2.45, 2.75) is 50.1 Å². The van der Waals surface area contributed by atoms with Gasteiger partial charge in [-0.15, -0.1) is 0 Å². The summed E-state index contributed by atoms with van der Waals surface area (Å²) >= 11 is 1.30. The summed E-state index contributed by atoms with van der Waals surface area (Å²) in [4.78, 5) is 31.3. The van der Waals surface area contributed by atoms with E-state index in [1.54, 1.807) is 32.7 Å². The SMILES string of the molecule is CN1C(=NC(=O)[C@H](Cc2ccccc2)NC(=O)OC(C)(C)C)S[C@@H]2CS(=O)(=O)C[C@H]21. The van der Waals surface area contributed by atoms with Crippen LogP contribution in [0.4, 0.5) is 4.79 Å². The van der Waals surface area contributed by atoms with Crippen LogP contribution in [0.3, 0.4) is 0 Å². The zero-order valence-corrected chi connectivity index (χ0v) is 19.1. The number of alkyl carbamates (subject to hydrolysis) is 1. The van der Waals surface area contributed by atoms with E-state index in [1.165, 1.54) is 11.8 Å². The molecule has 0 spiro atoms. The molecule has 3 atom stereocenters. The van der Waals surface area contributed by atoms with Gasteiger partial charge in [0.25, 0.3) is 5.91 Å². The van der Waals surface area contributed by atoms with E-state index in [0.717, 1.165) is 5.56 Å². The summed E-state index contributed by atoms with van der Waals surface area (Å²) in [6.07, 6.45) is -0.418. The van der Waals surface area contributed by atoms with Gasteiger partial charge in [0.15, 0.2) is 15.0 Å². The number of amides is 2. The van der Waals surface area contributed by atoms with Crippen LogP contribution >= 0.6 is 11.8 Å². The Kier molecular flexibility index (Phi) is 6.47. The molecule has 2 aliphatic heterocycles. The maximum atomic E-state index is 13.0. The van der Waals surface area contributed by atoms with Crippen LogP contribution in [-0.2, 0) is 25.8 Å². The molecule has 10 heteroatoms. The van der Waals surface area contributed by atoms with E-state index in [0.29, 0.717) is 5.17 Å². The number of hydrogen-bond donors (Lipinski definition) is 1. The van der Waals surface area contributed by atoms with E-state index in [4.69, 9.17) is 4.74 Å². The van der Waals surface area contributed by atoms with Crippen LogP contribution < -0.4 is 5.32 Å². The number of amidine groups is 1. The van der Waals surface area contributed by atoms with Crippen LogP contribution in [0.5, 0.6) is 0 Å². The van der Waals surface area contributed by atoms with Crippen molar-refractivity contribution in [2.75, 3.05) is 18.6 Å². The third-order valence-corrected chi connectivity index (χ3v) is 8.11. The molecule has 0 aliphatic carbocycles. The molecule has 1 N–H and O–H groups in total. The van der Waals surface area contributed by atoms with E-state index in [1.807, 2.05) is 30.3 Å². The molecule has 30 heavy (non-hydrogen) atoms. The van der Waals surface area contributed by atoms with Crippen molar-refractivity contribution in [1.29, 1.82) is 0 Å². The average molecular weight is 454 g/mol. The first-order valence-electron chi connectivity index (χ1n) is 9.69. The van der Waals surface area contributed by atoms with Crippen LogP contribution in [0.15, 0.2) is 35.3 Å². The van der Waals surface area contributed by atoms with Crippen molar-refractivity contribution in [3.05, 3.63) is 35.9 Å². The summed E-state index contributed by atoms with van der Waals surface area (Å²) in [5, 5.41) is 2.99. The number of rotatable bonds is 4. The molecule has 0 unspecified atom stereocenters. The molecule has 2 fully saturated rings. The lowest BCUT2D eigenvalue weighted by molar-refractivity contribution is -0.119. The number of thioether (sulfide) groups is 1. The summed E-state index contributed by atoms with van der Waals surface area (Å²) in [6, 6.07) is 8.26. The van der Waals surface area contributed by atoms with Gasteiger partial charge in [-0.05, 0) is 26.3 Å². The van der Waals surface area contributed by atoms with Crippen molar-refractivity contribution in [3.63, 3.8) is 0 Å². The van der Waals surface area contributed by atoms with Gasteiger partial charge < -0.3 is 15.0 Å². The summed E-state index contributed by atoms with van der Waals surface area (Å²) in [7, 11) is -1.31. The fraction of sp³-hybridized carbons (Fsp3) is 0.550. The number of nitrogens with zero attached hydrogens (tertiary/aromatic N) is 2. The van der Waals surface area contributed by atoms with Gasteiger partial charge >= 0.3 is 6.09 Å². The Morgan fingerprint density at radius 2 is 1.93 bits per heavy atom. The first-order chi connectivity index (χ1) is 13.9. The second kappa shape index (κ2) is 8.58. The molecule has 0 radical (unpaired) electrons. The van der Waals surface area contributed by atoms with Crippen molar-refractivity contribution in [2.24, 2.45) is 4.99 Å². The monoisotopic (exact) mass is 453 g/mol. The number of fused-ring (bicyclic) bond motifs is 1. The maximum absolute atomic E-state index is 13.0. The Balaban J connectivity index is 1.76. The summed E-state index contributed by atoms with van der Waals surface area (Å²) in [6.45, 7) is 5.24. The predicted octanol–water partition coefficient (Wildman–Crippen LogP) is 1.85. The first-order valence-corrected chi connectivity index (χ1v) is 12.4. The number of ether oxygens (including phenoxy) is 1. The second-order valence-electron chi connectivity index (χ2n) is 8.53. The van der Waals surface area contributed by atoms with Gasteiger partial charge in [0.05, 0.1) is 17.5 Å². The standard InChI is InChI=1S/C20H27N3O5S2/c1-20(2,3)28-19(25)21-14(10-13-8-6-5-7-9-13)17(24)22-18-23(4)15-11-30(26,27)12-16(15)29-18/h5-9,14-16H,10-12H2,1-4H3,(H,21,25)/t14-,15+,16+/m0/s1. The van der Waals surface area contributed by atoms with Crippen molar-refractivity contribution >= 4 is 38.8 Å². The molecule has 1 aromatic carbocycles. The third-order valence-electron chi connectivity index (χ3n) is 4.81. The summed E-state index contributed by atoms with van der Waals surface area (Å²) < 4.78 is 29.0. The first kappa shape index (κ1) is 22.6. The van der Waals surface area contributed by atoms with Crippen molar-refractivity contribution in [1.82, 2.24) is 10.2 Å². The van der Waals surface area contributed by atoms with Gasteiger partial charge in [0.2, 0.25) is 0 Å². The highest BCUT2D eigenvalue weighted by Gasteiger charge is 2.47. The normalized spacial score (nSPS) is 25.1. The Morgan fingerprint density at radius 1 is 1.27 bits per heavy atom. The molecular weight excluding hydrogens is 426 g/mol. The quantitative estimate of drug-likeness (QED) is 0.742. The number of hydrogen-bond acceptors (Lipinski definition) is 6. The highest BCUT2D eigenvalue weighted by molar-refractivity contribution is 8.15. The minimum atomic E-state index is -3.06. The molecule has 0 bridgehead atoms. The second-order valence-corrected chi connectivity index (χ2v) is 11.9. The van der Waals surface area contributed by atoms with Gasteiger partial charge in [-0.25, -0.2) is 13.2 Å². The van der Waals surface area contributed by atoms with E-state index in [9.17, 15) is 18.0 Å². The van der Waals surface area contributed by atoms with E-state index in [2.05, 4.69) is 10.3 Å². The Morgan fingerprint density at radius 3 is 2.53 bits per heavy atom. The molecule has 2 heterocycles. The lowest BCUT2D eigenvalue weighted by atomic mass is 10.1. The molecule has 0 saturated carbocycles. The largest absolute Gasteiger partial charge is 0.444 e. The number of carbonyl (C=O) groups is 2. The van der Waals surface area contributed by atoms with Crippen molar-refractivity contribution < 1.29 is 22.7 Å². The van der Waals surface area contributed by atoms with E-state index >= 15 is 0 Å². The van der Waals surface area contributed by atoms with Crippen LogP contribution in [0.2, 0.25) is 0 Å². The van der Waals surface area contributed by atoms with Crippen LogP contribution in [0.1, 0.15) is 26.3 Å². The van der Waals surface area contributed by atoms with Gasteiger partial charge in [-0.1, -0.05) is 42.1 Å². The van der Waals surface area contributed by atoms with Gasteiger partial charge in [-0.2, -0.15) is 4.99 Å². The number of aliphatic imine (C=N–C) groups is 1. The molecule has 0 aromatic heterocycles. The Bertz CT molecular complexity index is 941. The summed E-state index contributed by atoms with van der Waals surface area (Å²) in [5.41, 5.74) is 0.184. The van der Waals surface area contributed by atoms with E-state index in [-0.39, 0.29) is 29.2 Å². The van der Waals surface area contributed by atoms with Gasteiger partial charge in [0.1, 0.15) is 11.6 Å². The Hall–Kier alpha value is -2.07.